The summed E-state index contributed by atoms with van der Waals surface area (Å²) < 4.78 is 11.6. The Morgan fingerprint density at radius 2 is 1.81 bits per heavy atom. The highest BCUT2D eigenvalue weighted by Crippen LogP contribution is 2.37. The van der Waals surface area contributed by atoms with Gasteiger partial charge in [-0.05, 0) is 74.2 Å². The van der Waals surface area contributed by atoms with Gasteiger partial charge in [0.2, 0.25) is 5.88 Å². The number of anilines is 3. The molecule has 2 aliphatic rings. The van der Waals surface area contributed by atoms with Crippen LogP contribution in [0.5, 0.6) is 5.88 Å². The summed E-state index contributed by atoms with van der Waals surface area (Å²) in [6.07, 6.45) is 3.65. The molecule has 0 unspecified atom stereocenters. The number of nitrogens with one attached hydrogen (secondary N) is 1. The van der Waals surface area contributed by atoms with Gasteiger partial charge in [0.1, 0.15) is 11.9 Å². The lowest BCUT2D eigenvalue weighted by molar-refractivity contribution is -0.384. The van der Waals surface area contributed by atoms with Crippen LogP contribution in [0.3, 0.4) is 0 Å². The fourth-order valence-corrected chi connectivity index (χ4v) is 5.71. The first-order valence-electron chi connectivity index (χ1n) is 13.2. The third-order valence-corrected chi connectivity index (χ3v) is 12.8. The Morgan fingerprint density at radius 3 is 2.38 bits per heavy atom. The van der Waals surface area contributed by atoms with Crippen LogP contribution in [-0.2, 0) is 4.43 Å². The van der Waals surface area contributed by atoms with E-state index in [9.17, 15) is 10.1 Å². The van der Waals surface area contributed by atoms with Gasteiger partial charge < -0.3 is 19.4 Å². The van der Waals surface area contributed by atoms with Gasteiger partial charge in [0.25, 0.3) is 0 Å². The molecular weight excluding hydrogens is 486 g/mol. The zero-order valence-electron chi connectivity index (χ0n) is 23.0. The van der Waals surface area contributed by atoms with E-state index in [1.54, 1.807) is 0 Å². The van der Waals surface area contributed by atoms with Crippen LogP contribution in [0.2, 0.25) is 18.1 Å². The molecule has 0 radical (unpaired) electrons. The van der Waals surface area contributed by atoms with E-state index in [0.717, 1.165) is 38.5 Å². The summed E-state index contributed by atoms with van der Waals surface area (Å²) in [6, 6.07) is 10.2. The van der Waals surface area contributed by atoms with Crippen molar-refractivity contribution in [2.24, 2.45) is 5.92 Å². The molecule has 1 aromatic carbocycles. The molecule has 10 heteroatoms. The molecule has 2 aliphatic heterocycles. The maximum atomic E-state index is 11.4. The molecule has 0 saturated carbocycles. The lowest BCUT2D eigenvalue weighted by atomic mass is 9.95. The SMILES string of the molecule is COc1cc(Nc2ccc(N3CC(N4CCC(CO[Si](C)(C)C(C)(C)C)CC4)C3)cc2)c([N+](=O)[O-])cn1. The van der Waals surface area contributed by atoms with E-state index in [4.69, 9.17) is 9.16 Å². The van der Waals surface area contributed by atoms with Crippen molar-refractivity contribution in [3.8, 4) is 5.88 Å². The van der Waals surface area contributed by atoms with E-state index < -0.39 is 13.2 Å². The average molecular weight is 528 g/mol. The predicted octanol–water partition coefficient (Wildman–Crippen LogP) is 5.66. The van der Waals surface area contributed by atoms with E-state index in [1.165, 1.54) is 37.9 Å². The number of ether oxygens (including phenoxy) is 1. The number of nitrogens with zero attached hydrogens (tertiary/aromatic N) is 4. The third kappa shape index (κ3) is 6.42. The number of hydrogen-bond donors (Lipinski definition) is 1. The summed E-state index contributed by atoms with van der Waals surface area (Å²) in [7, 11) is -0.186. The molecule has 0 spiro atoms. The minimum absolute atomic E-state index is 0.0919. The summed E-state index contributed by atoms with van der Waals surface area (Å²) >= 11 is 0. The highest BCUT2D eigenvalue weighted by molar-refractivity contribution is 6.74. The van der Waals surface area contributed by atoms with Crippen molar-refractivity contribution >= 4 is 31.1 Å². The van der Waals surface area contributed by atoms with Gasteiger partial charge in [0.05, 0.1) is 12.0 Å². The Bertz CT molecular complexity index is 1080. The van der Waals surface area contributed by atoms with E-state index in [2.05, 4.69) is 66.1 Å². The molecule has 1 N–H and O–H groups in total. The van der Waals surface area contributed by atoms with Gasteiger partial charge in [-0.2, -0.15) is 0 Å². The van der Waals surface area contributed by atoms with E-state index in [-0.39, 0.29) is 10.7 Å². The minimum atomic E-state index is -1.67. The number of piperidine rings is 1. The standard InChI is InChI=1S/C27H41N5O4Si/c1-27(2,3)37(5,6)36-19-20-11-13-30(14-12-20)23-17-31(18-23)22-9-7-21(8-10-22)29-24-15-26(35-4)28-16-25(24)32(33)34/h7-10,15-16,20,23H,11-14,17-19H2,1-6H3,(H,28,29). The molecule has 0 aliphatic carbocycles. The van der Waals surface area contributed by atoms with Crippen LogP contribution >= 0.6 is 0 Å². The smallest absolute Gasteiger partial charge is 0.311 e. The molecule has 2 fully saturated rings. The number of nitro groups is 1. The quantitative estimate of drug-likeness (QED) is 0.254. The zero-order valence-corrected chi connectivity index (χ0v) is 24.0. The van der Waals surface area contributed by atoms with Crippen molar-refractivity contribution < 1.29 is 14.1 Å². The summed E-state index contributed by atoms with van der Waals surface area (Å²) in [5, 5.41) is 14.8. The Labute approximate surface area is 221 Å². The first-order valence-corrected chi connectivity index (χ1v) is 16.1. The topological polar surface area (TPSA) is 93.0 Å². The van der Waals surface area contributed by atoms with Crippen molar-refractivity contribution in [1.82, 2.24) is 9.88 Å². The van der Waals surface area contributed by atoms with Gasteiger partial charge in [-0.15, -0.1) is 0 Å². The molecule has 0 atom stereocenters. The molecular formula is C27H41N5O4Si. The maximum absolute atomic E-state index is 11.4. The van der Waals surface area contributed by atoms with Crippen LogP contribution < -0.4 is 15.0 Å². The van der Waals surface area contributed by atoms with Crippen molar-refractivity contribution in [2.75, 3.05) is 50.1 Å². The predicted molar refractivity (Wildman–Crippen MR) is 151 cm³/mol. The molecule has 4 rings (SSSR count). The number of aromatic nitrogens is 1. The zero-order chi connectivity index (χ0) is 26.8. The first kappa shape index (κ1) is 27.3. The Morgan fingerprint density at radius 1 is 1.16 bits per heavy atom. The number of benzene rings is 1. The van der Waals surface area contributed by atoms with Crippen LogP contribution in [0.1, 0.15) is 33.6 Å². The molecule has 2 aromatic rings. The third-order valence-electron chi connectivity index (χ3n) is 8.29. The van der Waals surface area contributed by atoms with Crippen molar-refractivity contribution in [3.05, 3.63) is 46.6 Å². The van der Waals surface area contributed by atoms with Gasteiger partial charge in [-0.25, -0.2) is 4.98 Å². The fourth-order valence-electron chi connectivity index (χ4n) is 4.62. The molecule has 3 heterocycles. The summed E-state index contributed by atoms with van der Waals surface area (Å²) in [6.45, 7) is 16.9. The van der Waals surface area contributed by atoms with Crippen LogP contribution in [-0.4, -0.2) is 69.1 Å². The number of methoxy groups -OCH3 is 1. The molecule has 1 aromatic heterocycles. The van der Waals surface area contributed by atoms with Crippen LogP contribution in [0.4, 0.5) is 22.7 Å². The van der Waals surface area contributed by atoms with Crippen LogP contribution in [0.15, 0.2) is 36.5 Å². The van der Waals surface area contributed by atoms with Crippen LogP contribution in [0, 0.1) is 16.0 Å². The van der Waals surface area contributed by atoms with Crippen molar-refractivity contribution in [1.29, 1.82) is 0 Å². The van der Waals surface area contributed by atoms with Gasteiger partial charge in [-0.1, -0.05) is 20.8 Å². The Kier molecular flexibility index (Phi) is 8.10. The lowest BCUT2D eigenvalue weighted by Crippen LogP contribution is -2.61. The number of likely N-dealkylation sites (tertiary alicyclic amines) is 1. The van der Waals surface area contributed by atoms with Crippen molar-refractivity contribution in [2.45, 2.75) is 57.8 Å². The molecule has 37 heavy (non-hydrogen) atoms. The van der Waals surface area contributed by atoms with Crippen LogP contribution in [0.25, 0.3) is 0 Å². The van der Waals surface area contributed by atoms with Gasteiger partial charge >= 0.3 is 5.69 Å². The normalized spacial score (nSPS) is 17.9. The Hall–Kier alpha value is -2.69. The number of hydrogen-bond acceptors (Lipinski definition) is 8. The number of pyridine rings is 1. The summed E-state index contributed by atoms with van der Waals surface area (Å²) in [5.74, 6) is 1.00. The lowest BCUT2D eigenvalue weighted by Gasteiger charge is -2.49. The van der Waals surface area contributed by atoms with Crippen molar-refractivity contribution in [3.63, 3.8) is 0 Å². The largest absolute Gasteiger partial charge is 0.481 e. The summed E-state index contributed by atoms with van der Waals surface area (Å²) in [4.78, 5) is 19.9. The first-order chi connectivity index (χ1) is 17.5. The van der Waals surface area contributed by atoms with E-state index in [0.29, 0.717) is 23.5 Å². The highest BCUT2D eigenvalue weighted by Gasteiger charge is 2.38. The molecule has 9 nitrogen and oxygen atoms in total. The molecule has 0 amide bonds. The molecule has 202 valence electrons. The second kappa shape index (κ2) is 11.0. The number of rotatable bonds is 9. The second-order valence-electron chi connectivity index (χ2n) is 11.8. The average Bonchev–Trinajstić information content (AvgIpc) is 2.83. The monoisotopic (exact) mass is 527 g/mol. The maximum Gasteiger partial charge on any atom is 0.311 e. The fraction of sp³-hybridized carbons (Fsp3) is 0.593. The van der Waals surface area contributed by atoms with Gasteiger partial charge in [0.15, 0.2) is 8.32 Å². The minimum Gasteiger partial charge on any atom is -0.481 e. The molecule has 0 bridgehead atoms. The Balaban J connectivity index is 1.24. The summed E-state index contributed by atoms with van der Waals surface area (Å²) in [5.41, 5.74) is 2.21. The van der Waals surface area contributed by atoms with E-state index in [1.807, 2.05) is 12.1 Å². The molecule has 2 saturated heterocycles. The van der Waals surface area contributed by atoms with Gasteiger partial charge in [0, 0.05) is 43.2 Å². The van der Waals surface area contributed by atoms with E-state index >= 15 is 0 Å². The van der Waals surface area contributed by atoms with Gasteiger partial charge in [-0.3, -0.25) is 15.0 Å². The second-order valence-corrected chi connectivity index (χ2v) is 16.6. The highest BCUT2D eigenvalue weighted by atomic mass is 28.4.